The number of fused-ring (bicyclic) bond motifs is 2. The van der Waals surface area contributed by atoms with E-state index in [2.05, 4.69) is 26.1 Å². The molecule has 3 unspecified atom stereocenters. The maximum atomic E-state index is 11.7. The van der Waals surface area contributed by atoms with Crippen LogP contribution in [-0.2, 0) is 4.79 Å². The average molecular weight is 261 g/mol. The second-order valence-corrected chi connectivity index (χ2v) is 6.46. The Kier molecular flexibility index (Phi) is 3.85. The van der Waals surface area contributed by atoms with Crippen LogP contribution in [0.4, 0.5) is 0 Å². The summed E-state index contributed by atoms with van der Waals surface area (Å²) in [4.78, 5) is 11.7. The summed E-state index contributed by atoms with van der Waals surface area (Å²) in [6, 6.07) is -0.0782. The summed E-state index contributed by atoms with van der Waals surface area (Å²) in [5.74, 6) is 0.755. The number of nitrogens with two attached hydrogens (primary N) is 1. The van der Waals surface area contributed by atoms with Crippen LogP contribution in [0.25, 0.3) is 0 Å². The van der Waals surface area contributed by atoms with Gasteiger partial charge in [0.2, 0.25) is 5.91 Å². The number of carbonyl (C=O) groups is 1. The number of nitrogens with one attached hydrogen (secondary N) is 1. The predicted octanol–water partition coefficient (Wildman–Crippen LogP) is 2.09. The van der Waals surface area contributed by atoms with E-state index in [1.165, 1.54) is 12.8 Å². The Bertz CT molecular complexity index is 317. The maximum Gasteiger partial charge on any atom is 0.236 e. The van der Waals surface area contributed by atoms with Crippen LogP contribution in [0.2, 0.25) is 0 Å². The minimum atomic E-state index is -0.397. The van der Waals surface area contributed by atoms with Crippen LogP contribution < -0.4 is 11.1 Å². The molecular formula is C13H25ClN2O. The van der Waals surface area contributed by atoms with Gasteiger partial charge < -0.3 is 11.1 Å². The van der Waals surface area contributed by atoms with E-state index in [-0.39, 0.29) is 23.7 Å². The van der Waals surface area contributed by atoms with Gasteiger partial charge in [0, 0.05) is 6.04 Å². The number of carbonyl (C=O) groups excluding carboxylic acids is 1. The molecule has 0 saturated heterocycles. The third-order valence-electron chi connectivity index (χ3n) is 5.52. The molecule has 4 atom stereocenters. The molecule has 17 heavy (non-hydrogen) atoms. The summed E-state index contributed by atoms with van der Waals surface area (Å²) in [7, 11) is 0. The van der Waals surface area contributed by atoms with Gasteiger partial charge in [-0.15, -0.1) is 12.4 Å². The molecule has 100 valence electrons. The predicted molar refractivity (Wildman–Crippen MR) is 72.1 cm³/mol. The Morgan fingerprint density at radius 1 is 1.41 bits per heavy atom. The number of halogens is 1. The summed E-state index contributed by atoms with van der Waals surface area (Å²) >= 11 is 0. The van der Waals surface area contributed by atoms with Crippen LogP contribution in [0.1, 0.15) is 47.0 Å². The molecule has 0 heterocycles. The molecule has 0 aliphatic heterocycles. The molecule has 4 heteroatoms. The van der Waals surface area contributed by atoms with E-state index < -0.39 is 6.04 Å². The fourth-order valence-electron chi connectivity index (χ4n) is 3.73. The lowest BCUT2D eigenvalue weighted by Gasteiger charge is -2.39. The van der Waals surface area contributed by atoms with Crippen LogP contribution in [0.3, 0.4) is 0 Å². The highest BCUT2D eigenvalue weighted by Crippen LogP contribution is 2.65. The lowest BCUT2D eigenvalue weighted by molar-refractivity contribution is -0.123. The average Bonchev–Trinajstić information content (AvgIpc) is 2.50. The monoisotopic (exact) mass is 260 g/mol. The zero-order valence-electron chi connectivity index (χ0n) is 11.2. The summed E-state index contributed by atoms with van der Waals surface area (Å²) in [5.41, 5.74) is 6.21. The van der Waals surface area contributed by atoms with Crippen LogP contribution in [0.5, 0.6) is 0 Å². The van der Waals surface area contributed by atoms with Crippen molar-refractivity contribution in [1.29, 1.82) is 0 Å². The SMILES string of the molecule is C[C@H](N)C(=O)NC1CC2CCC1(C)C2(C)C.Cl. The highest BCUT2D eigenvalue weighted by Gasteiger charge is 2.61. The topological polar surface area (TPSA) is 55.1 Å². The van der Waals surface area contributed by atoms with Gasteiger partial charge in [0.05, 0.1) is 6.04 Å². The largest absolute Gasteiger partial charge is 0.351 e. The van der Waals surface area contributed by atoms with Crippen LogP contribution in [0.15, 0.2) is 0 Å². The zero-order valence-corrected chi connectivity index (χ0v) is 12.1. The van der Waals surface area contributed by atoms with Gasteiger partial charge in [0.25, 0.3) is 0 Å². The summed E-state index contributed by atoms with van der Waals surface area (Å²) < 4.78 is 0. The Morgan fingerprint density at radius 3 is 2.35 bits per heavy atom. The third kappa shape index (κ3) is 1.97. The second-order valence-electron chi connectivity index (χ2n) is 6.46. The van der Waals surface area contributed by atoms with E-state index in [0.717, 1.165) is 12.3 Å². The molecule has 0 aromatic rings. The minimum absolute atomic E-state index is 0. The van der Waals surface area contributed by atoms with Crippen molar-refractivity contribution in [2.75, 3.05) is 0 Å². The minimum Gasteiger partial charge on any atom is -0.351 e. The third-order valence-corrected chi connectivity index (χ3v) is 5.52. The lowest BCUT2D eigenvalue weighted by atomic mass is 9.69. The number of hydrogen-bond donors (Lipinski definition) is 2. The first-order chi connectivity index (χ1) is 7.29. The lowest BCUT2D eigenvalue weighted by Crippen LogP contribution is -2.50. The molecule has 2 rings (SSSR count). The van der Waals surface area contributed by atoms with Gasteiger partial charge in [-0.2, -0.15) is 0 Å². The van der Waals surface area contributed by atoms with Crippen molar-refractivity contribution in [3.63, 3.8) is 0 Å². The van der Waals surface area contributed by atoms with Gasteiger partial charge >= 0.3 is 0 Å². The molecule has 2 saturated carbocycles. The summed E-state index contributed by atoms with van der Waals surface area (Å²) in [6.45, 7) is 8.77. The van der Waals surface area contributed by atoms with Gasteiger partial charge in [-0.1, -0.05) is 20.8 Å². The van der Waals surface area contributed by atoms with Gasteiger partial charge in [-0.3, -0.25) is 4.79 Å². The first-order valence-corrected chi connectivity index (χ1v) is 6.35. The molecule has 0 aromatic heterocycles. The Hall–Kier alpha value is -0.280. The molecule has 3 N–H and O–H groups in total. The van der Waals surface area contributed by atoms with E-state index >= 15 is 0 Å². The highest BCUT2D eigenvalue weighted by atomic mass is 35.5. The molecule has 2 aliphatic rings. The van der Waals surface area contributed by atoms with Gasteiger partial charge in [-0.25, -0.2) is 0 Å². The van der Waals surface area contributed by atoms with E-state index in [1.54, 1.807) is 6.92 Å². The standard InChI is InChI=1S/C13H24N2O.ClH/c1-8(14)11(16)15-10-7-9-5-6-13(10,4)12(9,2)3;/h8-10H,5-7,14H2,1-4H3,(H,15,16);1H/t8-,9?,10?,13?;/m0./s1. The van der Waals surface area contributed by atoms with Crippen molar-refractivity contribution in [1.82, 2.24) is 5.32 Å². The van der Waals surface area contributed by atoms with Crippen LogP contribution >= 0.6 is 12.4 Å². The summed E-state index contributed by atoms with van der Waals surface area (Å²) in [6.07, 6.45) is 3.67. The number of hydrogen-bond acceptors (Lipinski definition) is 2. The van der Waals surface area contributed by atoms with E-state index in [1.807, 2.05) is 0 Å². The van der Waals surface area contributed by atoms with Crippen molar-refractivity contribution in [2.45, 2.75) is 59.0 Å². The molecule has 3 nitrogen and oxygen atoms in total. The second kappa shape index (κ2) is 4.43. The number of amides is 1. The van der Waals surface area contributed by atoms with E-state index in [4.69, 9.17) is 5.73 Å². The van der Waals surface area contributed by atoms with Gasteiger partial charge in [0.15, 0.2) is 0 Å². The van der Waals surface area contributed by atoms with Gasteiger partial charge in [-0.05, 0) is 42.9 Å². The quantitative estimate of drug-likeness (QED) is 0.799. The van der Waals surface area contributed by atoms with Crippen molar-refractivity contribution >= 4 is 18.3 Å². The fourth-order valence-corrected chi connectivity index (χ4v) is 3.73. The Balaban J connectivity index is 0.00000144. The van der Waals surface area contributed by atoms with E-state index in [9.17, 15) is 4.79 Å². The van der Waals surface area contributed by atoms with Crippen molar-refractivity contribution in [3.8, 4) is 0 Å². The molecule has 2 aliphatic carbocycles. The Labute approximate surface area is 110 Å². The molecule has 0 aromatic carbocycles. The van der Waals surface area contributed by atoms with Crippen molar-refractivity contribution < 1.29 is 4.79 Å². The Morgan fingerprint density at radius 2 is 2.00 bits per heavy atom. The molecule has 2 fully saturated rings. The maximum absolute atomic E-state index is 11.7. The molecule has 1 amide bonds. The van der Waals surface area contributed by atoms with Crippen LogP contribution in [-0.4, -0.2) is 18.0 Å². The van der Waals surface area contributed by atoms with E-state index in [0.29, 0.717) is 11.5 Å². The summed E-state index contributed by atoms with van der Waals surface area (Å²) in [5, 5.41) is 3.14. The smallest absolute Gasteiger partial charge is 0.236 e. The zero-order chi connectivity index (χ0) is 12.1. The van der Waals surface area contributed by atoms with Crippen LogP contribution in [0, 0.1) is 16.7 Å². The van der Waals surface area contributed by atoms with Crippen molar-refractivity contribution in [2.24, 2.45) is 22.5 Å². The highest BCUT2D eigenvalue weighted by molar-refractivity contribution is 5.85. The van der Waals surface area contributed by atoms with Crippen molar-refractivity contribution in [3.05, 3.63) is 0 Å². The first kappa shape index (κ1) is 14.8. The molecule has 2 bridgehead atoms. The van der Waals surface area contributed by atoms with Gasteiger partial charge in [0.1, 0.15) is 0 Å². The molecule has 0 radical (unpaired) electrons. The first-order valence-electron chi connectivity index (χ1n) is 6.35. The fraction of sp³-hybridized carbons (Fsp3) is 0.923. The molecule has 0 spiro atoms. The normalized spacial score (nSPS) is 39.6. The number of rotatable bonds is 2. The molecular weight excluding hydrogens is 236 g/mol.